The molecule has 1 aromatic rings. The van der Waals surface area contributed by atoms with Crippen LogP contribution in [0.1, 0.15) is 36.9 Å². The number of aromatic nitrogens is 1. The Morgan fingerprint density at radius 1 is 1.45 bits per heavy atom. The van der Waals surface area contributed by atoms with Gasteiger partial charge >= 0.3 is 0 Å². The zero-order valence-corrected chi connectivity index (χ0v) is 13.4. The van der Waals surface area contributed by atoms with Crippen molar-refractivity contribution in [2.75, 3.05) is 18.0 Å². The van der Waals surface area contributed by atoms with Gasteiger partial charge in [0.25, 0.3) is 0 Å². The monoisotopic (exact) mass is 320 g/mol. The van der Waals surface area contributed by atoms with Crippen LogP contribution in [0.2, 0.25) is 0 Å². The van der Waals surface area contributed by atoms with E-state index in [-0.39, 0.29) is 17.9 Å². The highest BCUT2D eigenvalue weighted by Crippen LogP contribution is 2.32. The Balaban J connectivity index is 1.57. The van der Waals surface area contributed by atoms with Crippen LogP contribution in [0.4, 0.5) is 5.00 Å². The number of nitrogens with one attached hydrogen (secondary N) is 1. The number of anilines is 1. The Hall–Kier alpha value is -1.65. The molecule has 2 fully saturated rings. The summed E-state index contributed by atoms with van der Waals surface area (Å²) in [6.07, 6.45) is 2.64. The van der Waals surface area contributed by atoms with Crippen LogP contribution in [0.5, 0.6) is 0 Å². The predicted octanol–water partition coefficient (Wildman–Crippen LogP) is 1.18. The van der Waals surface area contributed by atoms with E-state index < -0.39 is 6.10 Å². The molecule has 0 spiro atoms. The van der Waals surface area contributed by atoms with Crippen LogP contribution in [0, 0.1) is 24.2 Å². The highest BCUT2D eigenvalue weighted by molar-refractivity contribution is 7.10. The topological polar surface area (TPSA) is 89.2 Å². The number of nitriles is 1. The van der Waals surface area contributed by atoms with Crippen LogP contribution in [0.3, 0.4) is 0 Å². The molecule has 6 nitrogen and oxygen atoms in total. The van der Waals surface area contributed by atoms with E-state index >= 15 is 0 Å². The van der Waals surface area contributed by atoms with Crippen molar-refractivity contribution in [3.63, 3.8) is 0 Å². The lowest BCUT2D eigenvalue weighted by atomic mass is 9.90. The molecule has 0 bridgehead atoms. The maximum atomic E-state index is 11.9. The van der Waals surface area contributed by atoms with Crippen LogP contribution in [0.25, 0.3) is 0 Å². The van der Waals surface area contributed by atoms with Crippen LogP contribution in [-0.4, -0.2) is 40.6 Å². The van der Waals surface area contributed by atoms with Crippen LogP contribution in [-0.2, 0) is 4.79 Å². The van der Waals surface area contributed by atoms with Gasteiger partial charge in [0, 0.05) is 19.1 Å². The van der Waals surface area contributed by atoms with E-state index in [0.29, 0.717) is 5.56 Å². The molecule has 118 valence electrons. The van der Waals surface area contributed by atoms with Gasteiger partial charge in [-0.3, -0.25) is 4.79 Å². The predicted molar refractivity (Wildman–Crippen MR) is 83.7 cm³/mol. The molecule has 0 unspecified atom stereocenters. The molecule has 1 aromatic heterocycles. The third-order valence-electron chi connectivity index (χ3n) is 4.42. The first-order valence-corrected chi connectivity index (χ1v) is 8.47. The number of aryl methyl sites for hydroxylation is 1. The highest BCUT2D eigenvalue weighted by Gasteiger charge is 2.33. The van der Waals surface area contributed by atoms with Gasteiger partial charge in [-0.2, -0.15) is 9.64 Å². The minimum Gasteiger partial charge on any atom is -0.383 e. The zero-order chi connectivity index (χ0) is 15.7. The molecule has 1 saturated heterocycles. The lowest BCUT2D eigenvalue weighted by Crippen LogP contribution is -2.45. The normalized spacial score (nSPS) is 20.5. The molecular weight excluding hydrogens is 300 g/mol. The van der Waals surface area contributed by atoms with Crippen molar-refractivity contribution in [3.8, 4) is 6.07 Å². The van der Waals surface area contributed by atoms with Crippen molar-refractivity contribution in [1.29, 1.82) is 5.26 Å². The molecule has 1 saturated carbocycles. The fourth-order valence-corrected chi connectivity index (χ4v) is 3.75. The van der Waals surface area contributed by atoms with E-state index in [2.05, 4.69) is 20.7 Å². The summed E-state index contributed by atoms with van der Waals surface area (Å²) in [5.74, 6) is -0.234. The van der Waals surface area contributed by atoms with Gasteiger partial charge in [0.1, 0.15) is 22.7 Å². The zero-order valence-electron chi connectivity index (χ0n) is 12.6. The summed E-state index contributed by atoms with van der Waals surface area (Å²) in [5, 5.41) is 23.2. The summed E-state index contributed by atoms with van der Waals surface area (Å²) in [4.78, 5) is 14.1. The van der Waals surface area contributed by atoms with E-state index in [1.807, 2.05) is 6.92 Å². The fourth-order valence-electron chi connectivity index (χ4n) is 2.85. The number of hydrogen-bond acceptors (Lipinski definition) is 6. The molecule has 7 heteroatoms. The van der Waals surface area contributed by atoms with Gasteiger partial charge in [0.2, 0.25) is 5.91 Å². The van der Waals surface area contributed by atoms with Gasteiger partial charge in [0.05, 0.1) is 5.69 Å². The third kappa shape index (κ3) is 3.08. The summed E-state index contributed by atoms with van der Waals surface area (Å²) in [7, 11) is 0. The minimum atomic E-state index is -0.915. The van der Waals surface area contributed by atoms with Crippen molar-refractivity contribution in [2.24, 2.45) is 5.92 Å². The lowest BCUT2D eigenvalue weighted by molar-refractivity contribution is -0.132. The lowest BCUT2D eigenvalue weighted by Gasteiger charge is -2.34. The summed E-state index contributed by atoms with van der Waals surface area (Å²) < 4.78 is 4.25. The Morgan fingerprint density at radius 3 is 2.73 bits per heavy atom. The molecule has 2 heterocycles. The molecule has 1 atom stereocenters. The Morgan fingerprint density at radius 2 is 2.14 bits per heavy atom. The van der Waals surface area contributed by atoms with E-state index in [9.17, 15) is 15.2 Å². The van der Waals surface area contributed by atoms with Gasteiger partial charge in [-0.05, 0) is 50.1 Å². The average Bonchev–Trinajstić information content (AvgIpc) is 3.26. The molecular formula is C15H20N4O2S. The van der Waals surface area contributed by atoms with E-state index in [1.54, 1.807) is 0 Å². The van der Waals surface area contributed by atoms with Gasteiger partial charge in [-0.15, -0.1) is 0 Å². The molecule has 2 N–H and O–H groups in total. The maximum absolute atomic E-state index is 11.9. The second-order valence-corrected chi connectivity index (χ2v) is 6.86. The number of amides is 1. The number of aliphatic hydroxyl groups excluding tert-OH is 1. The summed E-state index contributed by atoms with van der Waals surface area (Å²) in [6.45, 7) is 3.33. The number of carbonyl (C=O) groups excluding carboxylic acids is 1. The first-order valence-electron chi connectivity index (χ1n) is 7.70. The van der Waals surface area contributed by atoms with Gasteiger partial charge in [0.15, 0.2) is 0 Å². The van der Waals surface area contributed by atoms with Gasteiger partial charge in [-0.25, -0.2) is 0 Å². The highest BCUT2D eigenvalue weighted by atomic mass is 32.1. The Kier molecular flexibility index (Phi) is 4.32. The van der Waals surface area contributed by atoms with Gasteiger partial charge < -0.3 is 15.3 Å². The number of piperidine rings is 1. The SMILES string of the molecule is Cc1nsc(N2CCC([C@H](O)C(=O)NC3CC3)CC2)c1C#N. The van der Waals surface area contributed by atoms with Gasteiger partial charge in [-0.1, -0.05) is 0 Å². The summed E-state index contributed by atoms with van der Waals surface area (Å²) in [6, 6.07) is 2.49. The molecule has 2 aliphatic rings. The van der Waals surface area contributed by atoms with E-state index in [4.69, 9.17) is 0 Å². The van der Waals surface area contributed by atoms with Crippen molar-refractivity contribution < 1.29 is 9.90 Å². The first kappa shape index (κ1) is 15.3. The van der Waals surface area contributed by atoms with Crippen LogP contribution in [0.15, 0.2) is 0 Å². The summed E-state index contributed by atoms with van der Waals surface area (Å²) in [5.41, 5.74) is 1.42. The Bertz CT molecular complexity index is 597. The van der Waals surface area contributed by atoms with Crippen LogP contribution < -0.4 is 10.2 Å². The van der Waals surface area contributed by atoms with Crippen molar-refractivity contribution in [3.05, 3.63) is 11.3 Å². The molecule has 1 aliphatic carbocycles. The van der Waals surface area contributed by atoms with Crippen molar-refractivity contribution >= 4 is 22.4 Å². The average molecular weight is 320 g/mol. The number of aliphatic hydroxyl groups is 1. The molecule has 22 heavy (non-hydrogen) atoms. The third-order valence-corrected chi connectivity index (χ3v) is 5.42. The number of rotatable bonds is 4. The second-order valence-electron chi connectivity index (χ2n) is 6.11. The minimum absolute atomic E-state index is 0.00504. The Labute approximate surface area is 133 Å². The van der Waals surface area contributed by atoms with Crippen LogP contribution >= 0.6 is 11.5 Å². The fraction of sp³-hybridized carbons (Fsp3) is 0.667. The number of carbonyl (C=O) groups is 1. The van der Waals surface area contributed by atoms with Crippen molar-refractivity contribution in [1.82, 2.24) is 9.69 Å². The quantitative estimate of drug-likeness (QED) is 0.869. The van der Waals surface area contributed by atoms with E-state index in [1.165, 1.54) is 11.5 Å². The van der Waals surface area contributed by atoms with Crippen molar-refractivity contribution in [2.45, 2.75) is 44.8 Å². The first-order chi connectivity index (χ1) is 10.6. The summed E-state index contributed by atoms with van der Waals surface area (Å²) >= 11 is 1.35. The molecule has 0 aromatic carbocycles. The standard InChI is InChI=1S/C15H20N4O2S/c1-9-12(8-16)15(22-18-9)19-6-4-10(5-7-19)13(20)14(21)17-11-2-3-11/h10-11,13,20H,2-7H2,1H3,(H,17,21)/t13-/m0/s1. The smallest absolute Gasteiger partial charge is 0.249 e. The molecule has 1 aliphatic heterocycles. The number of nitrogens with zero attached hydrogens (tertiary/aromatic N) is 3. The largest absolute Gasteiger partial charge is 0.383 e. The molecule has 1 amide bonds. The second kappa shape index (κ2) is 6.23. The maximum Gasteiger partial charge on any atom is 0.249 e. The van der Waals surface area contributed by atoms with E-state index in [0.717, 1.165) is 49.5 Å². The molecule has 0 radical (unpaired) electrons. The molecule has 3 rings (SSSR count). The number of hydrogen-bond donors (Lipinski definition) is 2.